The predicted molar refractivity (Wildman–Crippen MR) is 83.1 cm³/mol. The second kappa shape index (κ2) is 7.62. The van der Waals surface area contributed by atoms with Crippen LogP contribution in [0.3, 0.4) is 0 Å². The van der Waals surface area contributed by atoms with Gasteiger partial charge in [0.15, 0.2) is 0 Å². The Labute approximate surface area is 127 Å². The van der Waals surface area contributed by atoms with Crippen molar-refractivity contribution in [3.63, 3.8) is 0 Å². The van der Waals surface area contributed by atoms with Crippen molar-refractivity contribution in [1.29, 1.82) is 0 Å². The summed E-state index contributed by atoms with van der Waals surface area (Å²) in [4.78, 5) is 12.2. The van der Waals surface area contributed by atoms with Crippen molar-refractivity contribution in [3.8, 4) is 0 Å². The van der Waals surface area contributed by atoms with Crippen LogP contribution in [0.2, 0.25) is 0 Å². The normalized spacial score (nSPS) is 21.7. The van der Waals surface area contributed by atoms with Crippen LogP contribution in [0.25, 0.3) is 0 Å². The van der Waals surface area contributed by atoms with Gasteiger partial charge in [-0.2, -0.15) is 0 Å². The summed E-state index contributed by atoms with van der Waals surface area (Å²) in [6.07, 6.45) is 8.69. The fraction of sp³-hybridized carbons (Fsp3) is 0.765. The molecule has 0 spiro atoms. The second-order valence-electron chi connectivity index (χ2n) is 6.31. The summed E-state index contributed by atoms with van der Waals surface area (Å²) in [5, 5.41) is 7.19. The van der Waals surface area contributed by atoms with E-state index in [4.69, 9.17) is 4.52 Å². The van der Waals surface area contributed by atoms with Crippen molar-refractivity contribution in [2.24, 2.45) is 5.92 Å². The molecular formula is C17H28N2O2. The third kappa shape index (κ3) is 4.32. The van der Waals surface area contributed by atoms with Crippen LogP contribution in [-0.2, 0) is 11.2 Å². The molecule has 0 bridgehead atoms. The van der Waals surface area contributed by atoms with Gasteiger partial charge in [0.2, 0.25) is 5.91 Å². The number of aromatic nitrogens is 1. The number of unbranched alkanes of at least 4 members (excludes halogenated alkanes) is 1. The molecule has 1 amide bonds. The molecule has 21 heavy (non-hydrogen) atoms. The van der Waals surface area contributed by atoms with Gasteiger partial charge in [-0.3, -0.25) is 4.79 Å². The van der Waals surface area contributed by atoms with Crippen LogP contribution < -0.4 is 5.32 Å². The number of carbonyl (C=O) groups is 1. The van der Waals surface area contributed by atoms with E-state index in [9.17, 15) is 4.79 Å². The first kappa shape index (κ1) is 16.1. The van der Waals surface area contributed by atoms with Gasteiger partial charge < -0.3 is 9.84 Å². The Morgan fingerprint density at radius 3 is 2.86 bits per heavy atom. The van der Waals surface area contributed by atoms with Crippen LogP contribution in [0.15, 0.2) is 4.52 Å². The molecule has 1 aliphatic rings. The van der Waals surface area contributed by atoms with Gasteiger partial charge in [0.1, 0.15) is 5.76 Å². The molecule has 1 saturated carbocycles. The third-order valence-corrected chi connectivity index (χ3v) is 4.72. The summed E-state index contributed by atoms with van der Waals surface area (Å²) in [5.41, 5.74) is 1.99. The highest BCUT2D eigenvalue weighted by Gasteiger charge is 2.27. The minimum Gasteiger partial charge on any atom is -0.361 e. The monoisotopic (exact) mass is 292 g/mol. The zero-order valence-electron chi connectivity index (χ0n) is 13.6. The lowest BCUT2D eigenvalue weighted by Crippen LogP contribution is -2.37. The molecule has 2 rings (SSSR count). The van der Waals surface area contributed by atoms with Crippen molar-refractivity contribution in [2.45, 2.75) is 78.2 Å². The maximum Gasteiger partial charge on any atom is 0.220 e. The van der Waals surface area contributed by atoms with Crippen LogP contribution in [0.4, 0.5) is 0 Å². The van der Waals surface area contributed by atoms with Crippen LogP contribution >= 0.6 is 0 Å². The molecule has 0 aromatic carbocycles. The average molecular weight is 292 g/mol. The van der Waals surface area contributed by atoms with Crippen LogP contribution in [0.1, 0.15) is 68.9 Å². The summed E-state index contributed by atoms with van der Waals surface area (Å²) in [6.45, 7) is 6.07. The van der Waals surface area contributed by atoms with Gasteiger partial charge in [-0.1, -0.05) is 31.3 Å². The topological polar surface area (TPSA) is 55.1 Å². The molecule has 1 heterocycles. The zero-order chi connectivity index (χ0) is 15.2. The number of hydrogen-bond acceptors (Lipinski definition) is 3. The van der Waals surface area contributed by atoms with E-state index in [1.807, 2.05) is 13.8 Å². The number of aryl methyl sites for hydroxylation is 2. The summed E-state index contributed by atoms with van der Waals surface area (Å²) in [5.74, 6) is 1.69. The summed E-state index contributed by atoms with van der Waals surface area (Å²) >= 11 is 0. The highest BCUT2D eigenvalue weighted by Crippen LogP contribution is 2.30. The molecular weight excluding hydrogens is 264 g/mol. The van der Waals surface area contributed by atoms with Gasteiger partial charge >= 0.3 is 0 Å². The molecule has 2 atom stereocenters. The Bertz CT molecular complexity index is 448. The summed E-state index contributed by atoms with van der Waals surface area (Å²) in [6, 6.07) is 0.397. The lowest BCUT2D eigenvalue weighted by Gasteiger charge is -2.20. The zero-order valence-corrected chi connectivity index (χ0v) is 13.6. The van der Waals surface area contributed by atoms with E-state index < -0.39 is 0 Å². The quantitative estimate of drug-likeness (QED) is 0.833. The number of amides is 1. The fourth-order valence-electron chi connectivity index (χ4n) is 3.41. The highest BCUT2D eigenvalue weighted by molar-refractivity contribution is 5.76. The van der Waals surface area contributed by atoms with E-state index >= 15 is 0 Å². The van der Waals surface area contributed by atoms with Crippen LogP contribution in [0, 0.1) is 19.8 Å². The molecule has 0 radical (unpaired) electrons. The Balaban J connectivity index is 1.79. The maximum absolute atomic E-state index is 12.2. The number of nitrogens with one attached hydrogen (secondary N) is 1. The van der Waals surface area contributed by atoms with E-state index in [1.165, 1.54) is 32.1 Å². The lowest BCUT2D eigenvalue weighted by molar-refractivity contribution is -0.122. The molecule has 1 fully saturated rings. The smallest absolute Gasteiger partial charge is 0.220 e. The van der Waals surface area contributed by atoms with Gasteiger partial charge in [-0.15, -0.1) is 0 Å². The molecule has 4 heteroatoms. The van der Waals surface area contributed by atoms with E-state index in [0.717, 1.165) is 29.9 Å². The lowest BCUT2D eigenvalue weighted by atomic mass is 9.96. The second-order valence-corrected chi connectivity index (χ2v) is 6.31. The third-order valence-electron chi connectivity index (χ3n) is 4.72. The summed E-state index contributed by atoms with van der Waals surface area (Å²) < 4.78 is 5.14. The van der Waals surface area contributed by atoms with Crippen molar-refractivity contribution >= 4 is 5.91 Å². The van der Waals surface area contributed by atoms with Gasteiger partial charge in [0, 0.05) is 18.0 Å². The highest BCUT2D eigenvalue weighted by atomic mass is 16.5. The first-order valence-corrected chi connectivity index (χ1v) is 8.33. The Morgan fingerprint density at radius 1 is 1.38 bits per heavy atom. The van der Waals surface area contributed by atoms with Crippen LogP contribution in [0.5, 0.6) is 0 Å². The molecule has 1 aliphatic carbocycles. The molecule has 1 N–H and O–H groups in total. The molecule has 4 nitrogen and oxygen atoms in total. The maximum atomic E-state index is 12.2. The molecule has 1 aromatic heterocycles. The Kier molecular flexibility index (Phi) is 5.83. The number of nitrogens with zero attached hydrogens (tertiary/aromatic N) is 1. The molecule has 118 valence electrons. The van der Waals surface area contributed by atoms with Gasteiger partial charge in [0.25, 0.3) is 0 Å². The molecule has 0 aliphatic heterocycles. The van der Waals surface area contributed by atoms with Gasteiger partial charge in [-0.25, -0.2) is 0 Å². The van der Waals surface area contributed by atoms with E-state index in [1.54, 1.807) is 0 Å². The van der Waals surface area contributed by atoms with E-state index in [-0.39, 0.29) is 5.91 Å². The van der Waals surface area contributed by atoms with Crippen molar-refractivity contribution in [1.82, 2.24) is 10.5 Å². The standard InChI is InChI=1S/C17H28N2O2/c1-4-5-7-14-8-6-9-16(14)18-17(20)11-10-15-12(2)19-21-13(15)3/h14,16H,4-11H2,1-3H3,(H,18,20)/t14-,16+/m1/s1. The van der Waals surface area contributed by atoms with Gasteiger partial charge in [-0.05, 0) is 45.4 Å². The number of carbonyl (C=O) groups excluding carboxylic acids is 1. The van der Waals surface area contributed by atoms with E-state index in [2.05, 4.69) is 17.4 Å². The first-order chi connectivity index (χ1) is 10.1. The van der Waals surface area contributed by atoms with E-state index in [0.29, 0.717) is 18.4 Å². The van der Waals surface area contributed by atoms with Gasteiger partial charge in [0.05, 0.1) is 5.69 Å². The largest absolute Gasteiger partial charge is 0.361 e. The molecule has 0 saturated heterocycles. The minimum atomic E-state index is 0.170. The van der Waals surface area contributed by atoms with Crippen molar-refractivity contribution in [2.75, 3.05) is 0 Å². The molecule has 1 aromatic rings. The van der Waals surface area contributed by atoms with Crippen molar-refractivity contribution < 1.29 is 9.32 Å². The molecule has 0 unspecified atom stereocenters. The average Bonchev–Trinajstić information content (AvgIpc) is 3.02. The number of hydrogen-bond donors (Lipinski definition) is 1. The summed E-state index contributed by atoms with van der Waals surface area (Å²) in [7, 11) is 0. The number of rotatable bonds is 7. The predicted octanol–water partition coefficient (Wildman–Crippen LogP) is 3.70. The van der Waals surface area contributed by atoms with Crippen molar-refractivity contribution in [3.05, 3.63) is 17.0 Å². The Hall–Kier alpha value is -1.32. The minimum absolute atomic E-state index is 0.170. The first-order valence-electron chi connectivity index (χ1n) is 8.33. The Morgan fingerprint density at radius 2 is 2.19 bits per heavy atom. The van der Waals surface area contributed by atoms with Crippen LogP contribution in [-0.4, -0.2) is 17.1 Å². The fourth-order valence-corrected chi connectivity index (χ4v) is 3.41. The SMILES string of the molecule is CCCC[C@@H]1CCC[C@@H]1NC(=O)CCc1c(C)noc1C.